The van der Waals surface area contributed by atoms with E-state index < -0.39 is 11.9 Å². The number of carbonyl (C=O) groups is 4. The summed E-state index contributed by atoms with van der Waals surface area (Å²) in [6, 6.07) is 28.6. The van der Waals surface area contributed by atoms with Crippen molar-refractivity contribution in [3.63, 3.8) is 0 Å². The van der Waals surface area contributed by atoms with Crippen molar-refractivity contribution in [2.24, 2.45) is 0 Å². The highest BCUT2D eigenvalue weighted by atomic mass is 16.5. The summed E-state index contributed by atoms with van der Waals surface area (Å²) in [5, 5.41) is 17.8. The predicted molar refractivity (Wildman–Crippen MR) is 205 cm³/mol. The van der Waals surface area contributed by atoms with Gasteiger partial charge < -0.3 is 14.9 Å². The minimum Gasteiger partial charge on any atom is -0.478 e. The lowest BCUT2D eigenvalue weighted by molar-refractivity contribution is 0.0496. The summed E-state index contributed by atoms with van der Waals surface area (Å²) in [4.78, 5) is 45.4. The van der Waals surface area contributed by atoms with Gasteiger partial charge in [0.15, 0.2) is 5.78 Å². The van der Waals surface area contributed by atoms with E-state index in [-0.39, 0.29) is 22.9 Å². The van der Waals surface area contributed by atoms with Crippen molar-refractivity contribution in [3.05, 3.63) is 142 Å². The van der Waals surface area contributed by atoms with Crippen LogP contribution >= 0.6 is 0 Å². The van der Waals surface area contributed by atoms with Crippen molar-refractivity contribution in [3.8, 4) is 0 Å². The molecule has 266 valence electrons. The maximum Gasteiger partial charge on any atom is 0.338 e. The number of hydrogen-bond donors (Lipinski definition) is 2. The fraction of sp³-hybridized carbons (Fsp3) is 0.273. The molecule has 0 aliphatic rings. The zero-order valence-electron chi connectivity index (χ0n) is 30.4. The number of carboxylic acid groups (broad SMARTS) is 2. The fourth-order valence-electron chi connectivity index (χ4n) is 5.36. The van der Waals surface area contributed by atoms with Crippen LogP contribution in [0.4, 0.5) is 0 Å². The van der Waals surface area contributed by atoms with Gasteiger partial charge in [-0.2, -0.15) is 0 Å². The van der Waals surface area contributed by atoms with Gasteiger partial charge in [0.05, 0.1) is 23.3 Å². The predicted octanol–water partition coefficient (Wildman–Crippen LogP) is 11.0. The van der Waals surface area contributed by atoms with Crippen molar-refractivity contribution in [1.82, 2.24) is 0 Å². The number of benzene rings is 4. The van der Waals surface area contributed by atoms with Crippen molar-refractivity contribution in [2.45, 2.75) is 73.6 Å². The van der Waals surface area contributed by atoms with Gasteiger partial charge in [-0.05, 0) is 122 Å². The number of Topliss-reactive ketones (excluding diaryl/α,β-unsaturated/α-hetero) is 1. The lowest BCUT2D eigenvalue weighted by Crippen LogP contribution is -2.06. The first kappa shape index (κ1) is 39.9. The highest BCUT2D eigenvalue weighted by molar-refractivity contribution is 5.96. The van der Waals surface area contributed by atoms with Gasteiger partial charge in [-0.25, -0.2) is 14.4 Å². The standard InChI is InChI=1S/C26H32O3.C18H16O4/c1-5-6-7-8-9-18-29-26(28)25-16-12-23(13-17-25)20(3)19(2)22-10-14-24(15-11-22)21(4)27;1-11(13-3-7-15(8-4-13)17(19)20)12(2)14-5-9-16(10-6-14)18(21)22/h10-17H,5-9,18H2,1-4H3;3-10H,1-2H3,(H,19,20)(H,21,22)/b20-19+;12-11+. The minimum absolute atomic E-state index is 0.0679. The maximum atomic E-state index is 12.2. The molecule has 7 heteroatoms. The zero-order chi connectivity index (χ0) is 37.5. The van der Waals surface area contributed by atoms with Crippen LogP contribution in [0.15, 0.2) is 97.1 Å². The quantitative estimate of drug-likeness (QED) is 0.0586. The molecule has 0 saturated carbocycles. The third kappa shape index (κ3) is 11.8. The van der Waals surface area contributed by atoms with Gasteiger partial charge in [-0.1, -0.05) is 93.3 Å². The zero-order valence-corrected chi connectivity index (χ0v) is 30.4. The number of rotatable bonds is 14. The van der Waals surface area contributed by atoms with E-state index in [1.54, 1.807) is 55.5 Å². The average molecular weight is 689 g/mol. The molecule has 2 N–H and O–H groups in total. The molecule has 4 aromatic rings. The van der Waals surface area contributed by atoms with Crippen LogP contribution in [0.1, 0.15) is 137 Å². The van der Waals surface area contributed by atoms with Gasteiger partial charge >= 0.3 is 17.9 Å². The molecule has 0 atom stereocenters. The highest BCUT2D eigenvalue weighted by Gasteiger charge is 2.10. The van der Waals surface area contributed by atoms with Gasteiger partial charge in [0.1, 0.15) is 0 Å². The van der Waals surface area contributed by atoms with Crippen LogP contribution in [0.3, 0.4) is 0 Å². The Kier molecular flexibility index (Phi) is 15.3. The van der Waals surface area contributed by atoms with Crippen LogP contribution in [-0.2, 0) is 4.74 Å². The van der Waals surface area contributed by atoms with Gasteiger partial charge in [0.2, 0.25) is 0 Å². The van der Waals surface area contributed by atoms with Gasteiger partial charge in [0.25, 0.3) is 0 Å². The summed E-state index contributed by atoms with van der Waals surface area (Å²) >= 11 is 0. The molecule has 0 bridgehead atoms. The number of carboxylic acids is 2. The Morgan fingerprint density at radius 1 is 0.431 bits per heavy atom. The molecule has 0 fully saturated rings. The number of unbranched alkanes of at least 4 members (excludes halogenated alkanes) is 4. The van der Waals surface area contributed by atoms with Crippen molar-refractivity contribution < 1.29 is 34.1 Å². The van der Waals surface area contributed by atoms with Crippen LogP contribution in [0, 0.1) is 0 Å². The van der Waals surface area contributed by atoms with Crippen molar-refractivity contribution in [1.29, 1.82) is 0 Å². The summed E-state index contributed by atoms with van der Waals surface area (Å²) in [5.74, 6) is -2.09. The third-order valence-corrected chi connectivity index (χ3v) is 9.01. The van der Waals surface area contributed by atoms with Crippen LogP contribution < -0.4 is 0 Å². The monoisotopic (exact) mass is 688 g/mol. The Labute approximate surface area is 301 Å². The summed E-state index contributed by atoms with van der Waals surface area (Å²) in [7, 11) is 0. The molecule has 0 saturated heterocycles. The fourth-order valence-corrected chi connectivity index (χ4v) is 5.36. The Hall–Kier alpha value is -5.56. The highest BCUT2D eigenvalue weighted by Crippen LogP contribution is 2.27. The first-order valence-electron chi connectivity index (χ1n) is 17.2. The Morgan fingerprint density at radius 3 is 1.04 bits per heavy atom. The normalized spacial score (nSPS) is 11.7. The van der Waals surface area contributed by atoms with Crippen molar-refractivity contribution >= 4 is 46.0 Å². The summed E-state index contributed by atoms with van der Waals surface area (Å²) in [6.45, 7) is 12.3. The molecule has 0 aliphatic heterocycles. The smallest absolute Gasteiger partial charge is 0.338 e. The first-order chi connectivity index (χ1) is 24.3. The molecule has 0 radical (unpaired) electrons. The number of hydrogen-bond acceptors (Lipinski definition) is 5. The largest absolute Gasteiger partial charge is 0.478 e. The average Bonchev–Trinajstić information content (AvgIpc) is 3.15. The Morgan fingerprint density at radius 2 is 0.725 bits per heavy atom. The second-order valence-electron chi connectivity index (χ2n) is 12.5. The molecule has 0 aliphatic carbocycles. The number of ketones is 1. The molecule has 4 aromatic carbocycles. The Balaban J connectivity index is 0.000000286. The van der Waals surface area contributed by atoms with Gasteiger partial charge in [-0.15, -0.1) is 0 Å². The second-order valence-corrected chi connectivity index (χ2v) is 12.5. The van der Waals surface area contributed by atoms with E-state index in [2.05, 4.69) is 20.8 Å². The molecule has 0 heterocycles. The maximum absolute atomic E-state index is 12.2. The number of aromatic carboxylic acids is 2. The molecule has 0 aromatic heterocycles. The third-order valence-electron chi connectivity index (χ3n) is 9.01. The van der Waals surface area contributed by atoms with Crippen LogP contribution in [0.2, 0.25) is 0 Å². The van der Waals surface area contributed by atoms with E-state index in [0.29, 0.717) is 17.7 Å². The number of ether oxygens (including phenoxy) is 1. The first-order valence-corrected chi connectivity index (χ1v) is 17.2. The molecular weight excluding hydrogens is 640 g/mol. The summed E-state index contributed by atoms with van der Waals surface area (Å²) in [5.41, 5.74) is 10.1. The van der Waals surface area contributed by atoms with E-state index in [9.17, 15) is 19.2 Å². The van der Waals surface area contributed by atoms with E-state index in [1.807, 2.05) is 62.4 Å². The number of allylic oxidation sites excluding steroid dienone is 4. The van der Waals surface area contributed by atoms with Crippen LogP contribution in [-0.4, -0.2) is 40.5 Å². The summed E-state index contributed by atoms with van der Waals surface area (Å²) < 4.78 is 5.38. The SMILES string of the molecule is C/C(=C(/C)c1ccc(C(=O)O)cc1)c1ccc(C(=O)O)cc1.CCCCCCCOC(=O)c1ccc(/C(C)=C(\C)c2ccc(C(C)=O)cc2)cc1. The topological polar surface area (TPSA) is 118 Å². The van der Waals surface area contributed by atoms with Gasteiger partial charge in [-0.3, -0.25) is 4.79 Å². The van der Waals surface area contributed by atoms with Crippen LogP contribution in [0.5, 0.6) is 0 Å². The molecule has 0 spiro atoms. The van der Waals surface area contributed by atoms with E-state index >= 15 is 0 Å². The van der Waals surface area contributed by atoms with Crippen LogP contribution in [0.25, 0.3) is 22.3 Å². The molecule has 0 unspecified atom stereocenters. The summed E-state index contributed by atoms with van der Waals surface area (Å²) in [6.07, 6.45) is 5.68. The molecule has 51 heavy (non-hydrogen) atoms. The molecule has 4 rings (SSSR count). The lowest BCUT2D eigenvalue weighted by atomic mass is 9.95. The minimum atomic E-state index is -0.950. The Bertz CT molecular complexity index is 1790. The number of carbonyl (C=O) groups excluding carboxylic acids is 2. The van der Waals surface area contributed by atoms with Crippen molar-refractivity contribution in [2.75, 3.05) is 6.61 Å². The van der Waals surface area contributed by atoms with E-state index in [1.165, 1.54) is 19.3 Å². The molecule has 0 amide bonds. The second kappa shape index (κ2) is 19.6. The van der Waals surface area contributed by atoms with Gasteiger partial charge in [0, 0.05) is 5.56 Å². The number of esters is 1. The lowest BCUT2D eigenvalue weighted by Gasteiger charge is -2.10. The molecular formula is C44H48O7. The van der Waals surface area contributed by atoms with E-state index in [0.717, 1.165) is 57.4 Å². The van der Waals surface area contributed by atoms with E-state index in [4.69, 9.17) is 14.9 Å². The molecule has 7 nitrogen and oxygen atoms in total.